The molecule has 4 aromatic rings. The zero-order valence-corrected chi connectivity index (χ0v) is 18.5. The highest BCUT2D eigenvalue weighted by Gasteiger charge is 2.21. The van der Waals surface area contributed by atoms with Gasteiger partial charge >= 0.3 is 0 Å². The molecule has 1 aliphatic carbocycles. The first-order valence-electron chi connectivity index (χ1n) is 10.6. The Morgan fingerprint density at radius 3 is 2.37 bits per heavy atom. The van der Waals surface area contributed by atoms with Gasteiger partial charge < -0.3 is 0 Å². The van der Waals surface area contributed by atoms with Gasteiger partial charge in [-0.3, -0.25) is 9.36 Å². The van der Waals surface area contributed by atoms with Crippen molar-refractivity contribution in [2.45, 2.75) is 49.6 Å². The molecule has 30 heavy (non-hydrogen) atoms. The average molecular weight is 433 g/mol. The number of rotatable bonds is 5. The van der Waals surface area contributed by atoms with Crippen molar-refractivity contribution in [3.63, 3.8) is 0 Å². The average Bonchev–Trinajstić information content (AvgIpc) is 2.97. The van der Waals surface area contributed by atoms with Crippen LogP contribution in [-0.2, 0) is 25.1 Å². The summed E-state index contributed by atoms with van der Waals surface area (Å²) in [5.74, 6) is 0.804. The number of hydrogen-bond donors (Lipinski definition) is 0. The van der Waals surface area contributed by atoms with Crippen molar-refractivity contribution in [3.05, 3.63) is 92.6 Å². The highest BCUT2D eigenvalue weighted by atomic mass is 32.2. The number of nitrogens with zero attached hydrogens (tertiary/aromatic N) is 2. The number of hydrogen-bond acceptors (Lipinski definition) is 4. The molecule has 0 amide bonds. The molecule has 1 aliphatic rings. The number of thioether (sulfide) groups is 1. The van der Waals surface area contributed by atoms with Gasteiger partial charge in [0.2, 0.25) is 0 Å². The molecule has 152 valence electrons. The normalized spacial score (nSPS) is 13.9. The van der Waals surface area contributed by atoms with Crippen LogP contribution in [0.4, 0.5) is 0 Å². The van der Waals surface area contributed by atoms with Crippen LogP contribution in [0.3, 0.4) is 0 Å². The largest absolute Gasteiger partial charge is 0.283 e. The van der Waals surface area contributed by atoms with Crippen LogP contribution in [0.2, 0.25) is 0 Å². The van der Waals surface area contributed by atoms with E-state index in [2.05, 4.69) is 36.4 Å². The van der Waals surface area contributed by atoms with E-state index in [-0.39, 0.29) is 5.56 Å². The van der Waals surface area contributed by atoms with Gasteiger partial charge in [-0.25, -0.2) is 4.98 Å². The predicted octanol–water partition coefficient (Wildman–Crippen LogP) is 6.07. The smallest absolute Gasteiger partial charge is 0.263 e. The van der Waals surface area contributed by atoms with Gasteiger partial charge in [-0.05, 0) is 42.4 Å². The second-order valence-electron chi connectivity index (χ2n) is 7.79. The Morgan fingerprint density at radius 1 is 0.900 bits per heavy atom. The lowest BCUT2D eigenvalue weighted by Crippen LogP contribution is -2.24. The molecule has 0 bridgehead atoms. The van der Waals surface area contributed by atoms with Crippen molar-refractivity contribution in [1.82, 2.24) is 9.55 Å². The van der Waals surface area contributed by atoms with Crippen molar-refractivity contribution < 1.29 is 0 Å². The monoisotopic (exact) mass is 432 g/mol. The van der Waals surface area contributed by atoms with Crippen LogP contribution >= 0.6 is 23.1 Å². The Hall–Kier alpha value is -2.37. The molecule has 0 unspecified atom stereocenters. The lowest BCUT2D eigenvalue weighted by molar-refractivity contribution is 0.658. The quantitative estimate of drug-likeness (QED) is 0.218. The maximum Gasteiger partial charge on any atom is 0.263 e. The van der Waals surface area contributed by atoms with Crippen LogP contribution in [-0.4, -0.2) is 9.55 Å². The number of benzene rings is 2. The molecule has 0 N–H and O–H groups in total. The molecule has 0 aliphatic heterocycles. The molecule has 5 heteroatoms. The topological polar surface area (TPSA) is 34.9 Å². The standard InChI is InChI=1S/C25H24N2OS2/c28-24-22-20-14-8-3-9-15-21(20)30-23(22)26-25(29-17-19-12-6-2-7-13-19)27(24)16-18-10-4-1-5-11-18/h1-2,4-7,10-13H,3,8-9,14-17H2. The summed E-state index contributed by atoms with van der Waals surface area (Å²) in [6.45, 7) is 0.560. The molecule has 0 fully saturated rings. The van der Waals surface area contributed by atoms with Gasteiger partial charge in [0.05, 0.1) is 11.9 Å². The van der Waals surface area contributed by atoms with Gasteiger partial charge in [-0.1, -0.05) is 78.8 Å². The zero-order chi connectivity index (χ0) is 20.3. The summed E-state index contributed by atoms with van der Waals surface area (Å²) in [5, 5.41) is 1.69. The highest BCUT2D eigenvalue weighted by molar-refractivity contribution is 7.98. The fraction of sp³-hybridized carbons (Fsp3) is 0.280. The Kier molecular flexibility index (Phi) is 5.73. The van der Waals surface area contributed by atoms with E-state index in [1.54, 1.807) is 23.1 Å². The van der Waals surface area contributed by atoms with Crippen molar-refractivity contribution in [2.24, 2.45) is 0 Å². The summed E-state index contributed by atoms with van der Waals surface area (Å²) in [6.07, 6.45) is 5.73. The van der Waals surface area contributed by atoms with E-state index < -0.39 is 0 Å². The summed E-state index contributed by atoms with van der Waals surface area (Å²) >= 11 is 3.40. The number of aryl methyl sites for hydroxylation is 2. The van der Waals surface area contributed by atoms with E-state index in [0.717, 1.165) is 39.5 Å². The number of aromatic nitrogens is 2. The van der Waals surface area contributed by atoms with E-state index in [1.807, 2.05) is 28.8 Å². The molecule has 0 saturated carbocycles. The van der Waals surface area contributed by atoms with Crippen molar-refractivity contribution in [1.29, 1.82) is 0 Å². The Labute approximate surface area is 184 Å². The Bertz CT molecular complexity index is 1210. The highest BCUT2D eigenvalue weighted by Crippen LogP contribution is 2.34. The minimum absolute atomic E-state index is 0.124. The minimum Gasteiger partial charge on any atom is -0.283 e. The van der Waals surface area contributed by atoms with Crippen molar-refractivity contribution in [2.75, 3.05) is 0 Å². The number of fused-ring (bicyclic) bond motifs is 3. The lowest BCUT2D eigenvalue weighted by atomic mass is 10.1. The maximum atomic E-state index is 13.7. The summed E-state index contributed by atoms with van der Waals surface area (Å²) in [5.41, 5.74) is 3.76. The predicted molar refractivity (Wildman–Crippen MR) is 127 cm³/mol. The third-order valence-corrected chi connectivity index (χ3v) is 7.92. The van der Waals surface area contributed by atoms with E-state index in [0.29, 0.717) is 6.54 Å². The van der Waals surface area contributed by atoms with E-state index in [4.69, 9.17) is 4.98 Å². The fourth-order valence-electron chi connectivity index (χ4n) is 4.13. The molecule has 2 aromatic heterocycles. The minimum atomic E-state index is 0.124. The molecular formula is C25H24N2OS2. The van der Waals surface area contributed by atoms with E-state index in [9.17, 15) is 4.79 Å². The summed E-state index contributed by atoms with van der Waals surface area (Å²) in [4.78, 5) is 21.1. The molecule has 0 atom stereocenters. The summed E-state index contributed by atoms with van der Waals surface area (Å²) in [6, 6.07) is 20.6. The molecular weight excluding hydrogens is 408 g/mol. The fourth-order valence-corrected chi connectivity index (χ4v) is 6.39. The Morgan fingerprint density at radius 2 is 1.60 bits per heavy atom. The third-order valence-electron chi connectivity index (χ3n) is 5.68. The van der Waals surface area contributed by atoms with Crippen LogP contribution in [0.1, 0.15) is 40.8 Å². The van der Waals surface area contributed by atoms with Crippen LogP contribution < -0.4 is 5.56 Å². The summed E-state index contributed by atoms with van der Waals surface area (Å²) < 4.78 is 1.89. The SMILES string of the molecule is O=c1c2c3c(sc2nc(SCc2ccccc2)n1Cc1ccccc1)CCCCC3. The molecule has 0 radical (unpaired) electrons. The van der Waals surface area contributed by atoms with Crippen molar-refractivity contribution >= 4 is 33.3 Å². The summed E-state index contributed by atoms with van der Waals surface area (Å²) in [7, 11) is 0. The van der Waals surface area contributed by atoms with Crippen molar-refractivity contribution in [3.8, 4) is 0 Å². The first-order valence-corrected chi connectivity index (χ1v) is 12.4. The van der Waals surface area contributed by atoms with Gasteiger partial charge in [-0.15, -0.1) is 11.3 Å². The van der Waals surface area contributed by atoms with Crippen LogP contribution in [0.5, 0.6) is 0 Å². The van der Waals surface area contributed by atoms with Crippen LogP contribution in [0, 0.1) is 0 Å². The molecule has 0 spiro atoms. The second kappa shape index (κ2) is 8.78. The van der Waals surface area contributed by atoms with E-state index in [1.165, 1.54) is 35.3 Å². The van der Waals surface area contributed by atoms with Gasteiger partial charge in [0.1, 0.15) is 4.83 Å². The third kappa shape index (κ3) is 3.96. The van der Waals surface area contributed by atoms with Crippen LogP contribution in [0.15, 0.2) is 70.6 Å². The number of thiophene rings is 1. The first kappa shape index (κ1) is 19.6. The lowest BCUT2D eigenvalue weighted by Gasteiger charge is -2.13. The van der Waals surface area contributed by atoms with Gasteiger partial charge in [0, 0.05) is 10.6 Å². The maximum absolute atomic E-state index is 13.7. The van der Waals surface area contributed by atoms with Gasteiger partial charge in [-0.2, -0.15) is 0 Å². The van der Waals surface area contributed by atoms with Gasteiger partial charge in [0.15, 0.2) is 5.16 Å². The Balaban J connectivity index is 1.61. The van der Waals surface area contributed by atoms with E-state index >= 15 is 0 Å². The van der Waals surface area contributed by atoms with Gasteiger partial charge in [0.25, 0.3) is 5.56 Å². The first-order chi connectivity index (χ1) is 14.8. The molecule has 2 heterocycles. The molecule has 0 saturated heterocycles. The molecule has 3 nitrogen and oxygen atoms in total. The zero-order valence-electron chi connectivity index (χ0n) is 16.8. The van der Waals surface area contributed by atoms with Crippen LogP contribution in [0.25, 0.3) is 10.2 Å². The second-order valence-corrected chi connectivity index (χ2v) is 9.82. The molecule has 2 aromatic carbocycles. The molecule has 5 rings (SSSR count).